The average molecular weight is 482 g/mol. The number of aromatic nitrogens is 2. The van der Waals surface area contributed by atoms with Gasteiger partial charge < -0.3 is 24.7 Å². The fourth-order valence-electron chi connectivity index (χ4n) is 3.93. The second-order valence-corrected chi connectivity index (χ2v) is 8.79. The highest BCUT2D eigenvalue weighted by Crippen LogP contribution is 2.43. The minimum Gasteiger partial charge on any atom is -0.465 e. The van der Waals surface area contributed by atoms with Gasteiger partial charge in [-0.05, 0) is 23.3 Å². The highest BCUT2D eigenvalue weighted by molar-refractivity contribution is 5.66. The van der Waals surface area contributed by atoms with E-state index in [4.69, 9.17) is 24.7 Å². The number of methoxy groups -OCH3 is 1. The van der Waals surface area contributed by atoms with Gasteiger partial charge in [-0.15, -0.1) is 0 Å². The highest BCUT2D eigenvalue weighted by Gasteiger charge is 2.54. The van der Waals surface area contributed by atoms with Crippen molar-refractivity contribution in [1.82, 2.24) is 9.55 Å². The van der Waals surface area contributed by atoms with Gasteiger partial charge in [-0.3, -0.25) is 9.36 Å². The van der Waals surface area contributed by atoms with Crippen LogP contribution >= 0.6 is 0 Å². The fraction of sp³-hybridized carbons (Fsp3) is 0.346. The summed E-state index contributed by atoms with van der Waals surface area (Å²) in [5.41, 5.74) is 6.79. The van der Waals surface area contributed by atoms with Gasteiger partial charge in [0.05, 0.1) is 19.1 Å². The summed E-state index contributed by atoms with van der Waals surface area (Å²) in [7, 11) is 1.52. The molecule has 0 saturated carbocycles. The Morgan fingerprint density at radius 1 is 1.06 bits per heavy atom. The largest absolute Gasteiger partial charge is 0.465 e. The van der Waals surface area contributed by atoms with Crippen molar-refractivity contribution in [2.75, 3.05) is 20.3 Å². The third kappa shape index (κ3) is 6.19. The van der Waals surface area contributed by atoms with E-state index >= 15 is 0 Å². The van der Waals surface area contributed by atoms with Crippen LogP contribution in [0, 0.1) is 11.3 Å². The molecule has 1 aromatic heterocycles. The molecular formula is C26H31N3O6. The van der Waals surface area contributed by atoms with E-state index in [1.54, 1.807) is 18.3 Å². The van der Waals surface area contributed by atoms with Gasteiger partial charge in [0.15, 0.2) is 0 Å². The molecule has 0 aliphatic carbocycles. The summed E-state index contributed by atoms with van der Waals surface area (Å²) in [4.78, 5) is 27.9. The average Bonchev–Trinajstić information content (AvgIpc) is 3.37. The number of hydrogen-bond donors (Lipinski definition) is 1. The summed E-state index contributed by atoms with van der Waals surface area (Å²) in [5.74, 6) is -2.49. The first kappa shape index (κ1) is 25.8. The van der Waals surface area contributed by atoms with Crippen LogP contribution < -0.4 is 10.5 Å². The van der Waals surface area contributed by atoms with Crippen molar-refractivity contribution in [2.24, 2.45) is 17.1 Å². The number of carbonyl (C=O) groups is 2. The van der Waals surface area contributed by atoms with Crippen LogP contribution in [0.4, 0.5) is 4.79 Å². The number of benzene rings is 2. The van der Waals surface area contributed by atoms with Crippen LogP contribution in [-0.2, 0) is 24.9 Å². The molecule has 9 heteroatoms. The molecule has 2 aromatic carbocycles. The molecule has 2 unspecified atom stereocenters. The maximum Gasteiger partial charge on any atom is 0.409 e. The monoisotopic (exact) mass is 481 g/mol. The summed E-state index contributed by atoms with van der Waals surface area (Å²) in [5, 5.41) is 0. The van der Waals surface area contributed by atoms with Gasteiger partial charge in [0.1, 0.15) is 12.1 Å². The zero-order valence-electron chi connectivity index (χ0n) is 20.3. The van der Waals surface area contributed by atoms with Gasteiger partial charge >= 0.3 is 18.0 Å². The predicted octanol–water partition coefficient (Wildman–Crippen LogP) is 4.19. The van der Waals surface area contributed by atoms with Crippen molar-refractivity contribution in [3.8, 4) is 16.9 Å². The summed E-state index contributed by atoms with van der Waals surface area (Å²) < 4.78 is 24.5. The maximum atomic E-state index is 12.2. The Balaban J connectivity index is 2.08. The Morgan fingerprint density at radius 2 is 1.71 bits per heavy atom. The Hall–Kier alpha value is -3.85. The molecule has 9 nitrogen and oxygen atoms in total. The zero-order valence-corrected chi connectivity index (χ0v) is 20.3. The molecule has 186 valence electrons. The number of carbonyl (C=O) groups excluding carboxylic acids is 2. The molecular weight excluding hydrogens is 450 g/mol. The van der Waals surface area contributed by atoms with Crippen molar-refractivity contribution in [3.05, 3.63) is 73.3 Å². The molecule has 0 bridgehead atoms. The molecule has 2 N–H and O–H groups in total. The van der Waals surface area contributed by atoms with Gasteiger partial charge in [-0.25, -0.2) is 9.78 Å². The molecule has 2 atom stereocenters. The van der Waals surface area contributed by atoms with Gasteiger partial charge in [-0.2, -0.15) is 0 Å². The number of imidazole rings is 1. The second-order valence-electron chi connectivity index (χ2n) is 8.79. The van der Waals surface area contributed by atoms with E-state index in [0.29, 0.717) is 5.75 Å². The van der Waals surface area contributed by atoms with Gasteiger partial charge in [-0.1, -0.05) is 56.3 Å². The Kier molecular flexibility index (Phi) is 8.14. The zero-order chi connectivity index (χ0) is 25.5. The molecule has 35 heavy (non-hydrogen) atoms. The first-order valence-corrected chi connectivity index (χ1v) is 11.1. The SMILES string of the molecule is COCC(C(C)(C)COC(C)=O)C(OC(N)=O)(Oc1ccc(-c2ccccc2)cc1)n1ccnc1. The van der Waals surface area contributed by atoms with Crippen LogP contribution in [0.3, 0.4) is 0 Å². The van der Waals surface area contributed by atoms with Gasteiger partial charge in [0.2, 0.25) is 0 Å². The molecule has 3 aromatic rings. The molecule has 0 aliphatic rings. The molecule has 0 spiro atoms. The van der Waals surface area contributed by atoms with E-state index in [1.807, 2.05) is 56.3 Å². The van der Waals surface area contributed by atoms with Crippen molar-refractivity contribution in [3.63, 3.8) is 0 Å². The smallest absolute Gasteiger partial charge is 0.409 e. The van der Waals surface area contributed by atoms with Crippen molar-refractivity contribution < 1.29 is 28.5 Å². The van der Waals surface area contributed by atoms with Crippen LogP contribution in [0.15, 0.2) is 73.3 Å². The van der Waals surface area contributed by atoms with Crippen molar-refractivity contribution in [2.45, 2.75) is 26.7 Å². The molecule has 0 aliphatic heterocycles. The number of primary amides is 1. The minimum atomic E-state index is -1.80. The first-order valence-electron chi connectivity index (χ1n) is 11.1. The minimum absolute atomic E-state index is 0.0191. The molecule has 1 amide bonds. The summed E-state index contributed by atoms with van der Waals surface area (Å²) in [6.07, 6.45) is 3.55. The van der Waals surface area contributed by atoms with E-state index in [2.05, 4.69) is 4.98 Å². The summed E-state index contributed by atoms with van der Waals surface area (Å²) >= 11 is 0. The topological polar surface area (TPSA) is 115 Å². The normalized spacial score (nSPS) is 13.9. The number of ether oxygens (including phenoxy) is 4. The number of esters is 1. The van der Waals surface area contributed by atoms with Crippen LogP contribution in [-0.4, -0.2) is 41.9 Å². The van der Waals surface area contributed by atoms with E-state index in [1.165, 1.54) is 31.1 Å². The lowest BCUT2D eigenvalue weighted by Crippen LogP contribution is -2.57. The number of rotatable bonds is 11. The summed E-state index contributed by atoms with van der Waals surface area (Å²) in [6, 6.07) is 17.3. The van der Waals surface area contributed by atoms with Gasteiger partial charge in [0.25, 0.3) is 0 Å². The Labute approximate surface area is 204 Å². The molecule has 3 rings (SSSR count). The van der Waals surface area contributed by atoms with E-state index in [-0.39, 0.29) is 13.2 Å². The number of amides is 1. The lowest BCUT2D eigenvalue weighted by atomic mass is 9.77. The lowest BCUT2D eigenvalue weighted by Gasteiger charge is -2.45. The third-order valence-electron chi connectivity index (χ3n) is 5.70. The second kappa shape index (κ2) is 11.1. The Morgan fingerprint density at radius 3 is 2.26 bits per heavy atom. The van der Waals surface area contributed by atoms with Crippen LogP contribution in [0.1, 0.15) is 20.8 Å². The van der Waals surface area contributed by atoms with Gasteiger partial charge in [0, 0.05) is 31.8 Å². The molecule has 1 heterocycles. The van der Waals surface area contributed by atoms with Crippen LogP contribution in [0.2, 0.25) is 0 Å². The highest BCUT2D eigenvalue weighted by atomic mass is 16.7. The number of nitrogens with zero attached hydrogens (tertiary/aromatic N) is 2. The fourth-order valence-corrected chi connectivity index (χ4v) is 3.93. The van der Waals surface area contributed by atoms with E-state index in [0.717, 1.165) is 11.1 Å². The maximum absolute atomic E-state index is 12.2. The van der Waals surface area contributed by atoms with Crippen LogP contribution in [0.5, 0.6) is 5.75 Å². The van der Waals surface area contributed by atoms with E-state index < -0.39 is 29.3 Å². The quantitative estimate of drug-likeness (QED) is 0.323. The van der Waals surface area contributed by atoms with Crippen LogP contribution in [0.25, 0.3) is 11.1 Å². The molecule has 0 radical (unpaired) electrons. The van der Waals surface area contributed by atoms with Crippen molar-refractivity contribution in [1.29, 1.82) is 0 Å². The summed E-state index contributed by atoms with van der Waals surface area (Å²) in [6.45, 7) is 5.15. The molecule has 0 saturated heterocycles. The Bertz CT molecular complexity index is 1100. The molecule has 0 fully saturated rings. The lowest BCUT2D eigenvalue weighted by molar-refractivity contribution is -0.275. The first-order chi connectivity index (χ1) is 16.7. The van der Waals surface area contributed by atoms with E-state index in [9.17, 15) is 9.59 Å². The van der Waals surface area contributed by atoms with Crippen molar-refractivity contribution >= 4 is 12.1 Å². The number of nitrogens with two attached hydrogens (primary N) is 1. The number of hydrogen-bond acceptors (Lipinski definition) is 7. The third-order valence-corrected chi connectivity index (χ3v) is 5.70. The predicted molar refractivity (Wildman–Crippen MR) is 129 cm³/mol. The standard InChI is InChI=1S/C26H31N3O6/c1-19(30)33-17-25(2,3)23(16-32-4)26(35-24(27)31,29-15-14-28-18-29)34-22-12-10-21(11-13-22)20-8-6-5-7-9-20/h5-15,18,23H,16-17H2,1-4H3,(H2,27,31).